The van der Waals surface area contributed by atoms with Crippen LogP contribution in [0.2, 0.25) is 5.02 Å². The van der Waals surface area contributed by atoms with Gasteiger partial charge < -0.3 is 15.8 Å². The number of hydrogen-bond donors (Lipinski definition) is 2. The molecule has 0 radical (unpaired) electrons. The molecule has 0 amide bonds. The number of ether oxygens (including phenoxy) is 1. The Morgan fingerprint density at radius 2 is 2.24 bits per heavy atom. The summed E-state index contributed by atoms with van der Waals surface area (Å²) >= 11 is 9.41. The van der Waals surface area contributed by atoms with Crippen molar-refractivity contribution in [3.05, 3.63) is 45.5 Å². The third-order valence-corrected chi connectivity index (χ3v) is 4.09. The number of anilines is 3. The first-order valence-corrected chi connectivity index (χ1v) is 7.34. The van der Waals surface area contributed by atoms with Crippen LogP contribution in [-0.4, -0.2) is 17.6 Å². The maximum absolute atomic E-state index is 11.8. The smallest absolute Gasteiger partial charge is 0.340 e. The highest BCUT2D eigenvalue weighted by molar-refractivity contribution is 9.10. The third kappa shape index (κ3) is 3.46. The van der Waals surface area contributed by atoms with E-state index in [0.717, 1.165) is 0 Å². The lowest BCUT2D eigenvalue weighted by Gasteiger charge is -2.12. The van der Waals surface area contributed by atoms with Crippen molar-refractivity contribution < 1.29 is 9.53 Å². The van der Waals surface area contributed by atoms with Crippen LogP contribution in [-0.2, 0) is 4.74 Å². The molecule has 7 heteroatoms. The molecule has 0 saturated carbocycles. The second kappa shape index (κ2) is 6.78. The van der Waals surface area contributed by atoms with Crippen molar-refractivity contribution >= 4 is 50.7 Å². The highest BCUT2D eigenvalue weighted by Gasteiger charge is 2.15. The summed E-state index contributed by atoms with van der Waals surface area (Å²) in [5.74, 6) is -0.117. The average molecular weight is 371 g/mol. The third-order valence-electron chi connectivity index (χ3n) is 2.69. The zero-order valence-corrected chi connectivity index (χ0v) is 13.5. The zero-order valence-electron chi connectivity index (χ0n) is 11.2. The molecule has 2 rings (SSSR count). The predicted octanol–water partition coefficient (Wildman–Crippen LogP) is 4.00. The van der Waals surface area contributed by atoms with Crippen molar-refractivity contribution in [2.45, 2.75) is 6.92 Å². The van der Waals surface area contributed by atoms with E-state index in [9.17, 15) is 4.79 Å². The molecule has 0 aliphatic carbocycles. The van der Waals surface area contributed by atoms with Crippen LogP contribution in [0.5, 0.6) is 0 Å². The van der Waals surface area contributed by atoms with E-state index in [1.54, 1.807) is 19.1 Å². The van der Waals surface area contributed by atoms with Crippen LogP contribution in [0.1, 0.15) is 17.3 Å². The number of benzene rings is 1. The molecule has 1 heterocycles. The summed E-state index contributed by atoms with van der Waals surface area (Å²) in [5, 5.41) is 3.60. The minimum absolute atomic E-state index is 0.225. The van der Waals surface area contributed by atoms with Gasteiger partial charge in [-0.1, -0.05) is 17.7 Å². The molecule has 0 atom stereocenters. The SMILES string of the molecule is CCOC(=O)c1ccnc(Nc2cccc(Cl)c2Br)c1N. The van der Waals surface area contributed by atoms with Crippen LogP contribution in [0, 0.1) is 0 Å². The number of rotatable bonds is 4. The molecule has 1 aromatic carbocycles. The van der Waals surface area contributed by atoms with E-state index in [1.165, 1.54) is 12.3 Å². The molecule has 5 nitrogen and oxygen atoms in total. The van der Waals surface area contributed by atoms with Crippen LogP contribution in [0.25, 0.3) is 0 Å². The zero-order chi connectivity index (χ0) is 15.4. The van der Waals surface area contributed by atoms with Gasteiger partial charge in [-0.2, -0.15) is 0 Å². The number of halogens is 2. The fourth-order valence-corrected chi connectivity index (χ4v) is 2.23. The fourth-order valence-electron chi connectivity index (χ4n) is 1.69. The van der Waals surface area contributed by atoms with E-state index < -0.39 is 5.97 Å². The molecule has 0 aliphatic heterocycles. The Kier molecular flexibility index (Phi) is 5.03. The minimum Gasteiger partial charge on any atom is -0.462 e. The molecule has 0 unspecified atom stereocenters. The van der Waals surface area contributed by atoms with E-state index >= 15 is 0 Å². The normalized spacial score (nSPS) is 10.2. The average Bonchev–Trinajstić information content (AvgIpc) is 2.46. The highest BCUT2D eigenvalue weighted by atomic mass is 79.9. The Hall–Kier alpha value is -1.79. The number of carbonyl (C=O) groups is 1. The molecule has 21 heavy (non-hydrogen) atoms. The fraction of sp³-hybridized carbons (Fsp3) is 0.143. The van der Waals surface area contributed by atoms with E-state index in [1.807, 2.05) is 6.07 Å². The number of nitrogens with zero attached hydrogens (tertiary/aromatic N) is 1. The second-order valence-corrected chi connectivity index (χ2v) is 5.27. The summed E-state index contributed by atoms with van der Waals surface area (Å²) in [5.41, 5.74) is 7.17. The van der Waals surface area contributed by atoms with Gasteiger partial charge in [0.15, 0.2) is 5.82 Å². The Balaban J connectivity index is 2.35. The number of pyridine rings is 1. The van der Waals surface area contributed by atoms with Crippen LogP contribution in [0.4, 0.5) is 17.2 Å². The first-order chi connectivity index (χ1) is 10.0. The quantitative estimate of drug-likeness (QED) is 0.795. The van der Waals surface area contributed by atoms with E-state index in [-0.39, 0.29) is 17.9 Å². The summed E-state index contributed by atoms with van der Waals surface area (Å²) in [6.07, 6.45) is 1.49. The minimum atomic E-state index is -0.481. The van der Waals surface area contributed by atoms with Crippen LogP contribution < -0.4 is 11.1 Å². The summed E-state index contributed by atoms with van der Waals surface area (Å²) < 4.78 is 5.64. The summed E-state index contributed by atoms with van der Waals surface area (Å²) in [6.45, 7) is 2.01. The van der Waals surface area contributed by atoms with Crippen molar-refractivity contribution in [2.24, 2.45) is 0 Å². The van der Waals surface area contributed by atoms with Gasteiger partial charge in [-0.05, 0) is 41.1 Å². The Labute approximate surface area is 135 Å². The van der Waals surface area contributed by atoms with Gasteiger partial charge in [0.1, 0.15) is 0 Å². The van der Waals surface area contributed by atoms with Gasteiger partial charge in [0.25, 0.3) is 0 Å². The maximum atomic E-state index is 11.8. The second-order valence-electron chi connectivity index (χ2n) is 4.07. The number of esters is 1. The van der Waals surface area contributed by atoms with Crippen LogP contribution in [0.15, 0.2) is 34.9 Å². The Bertz CT molecular complexity index is 679. The first kappa shape index (κ1) is 15.6. The maximum Gasteiger partial charge on any atom is 0.340 e. The van der Waals surface area contributed by atoms with Gasteiger partial charge in [-0.3, -0.25) is 0 Å². The van der Waals surface area contributed by atoms with Gasteiger partial charge in [0.2, 0.25) is 0 Å². The summed E-state index contributed by atoms with van der Waals surface area (Å²) in [4.78, 5) is 15.9. The first-order valence-electron chi connectivity index (χ1n) is 6.17. The van der Waals surface area contributed by atoms with Crippen LogP contribution >= 0.6 is 27.5 Å². The van der Waals surface area contributed by atoms with Gasteiger partial charge in [-0.25, -0.2) is 9.78 Å². The molecule has 2 aromatic rings. The molecule has 0 fully saturated rings. The molecule has 110 valence electrons. The highest BCUT2D eigenvalue weighted by Crippen LogP contribution is 2.33. The lowest BCUT2D eigenvalue weighted by atomic mass is 10.2. The van der Waals surface area contributed by atoms with Gasteiger partial charge >= 0.3 is 5.97 Å². The predicted molar refractivity (Wildman–Crippen MR) is 87.0 cm³/mol. The molecule has 0 aliphatic rings. The van der Waals surface area contributed by atoms with Crippen molar-refractivity contribution in [3.63, 3.8) is 0 Å². The molecule has 0 bridgehead atoms. The van der Waals surface area contributed by atoms with E-state index in [2.05, 4.69) is 26.2 Å². The van der Waals surface area contributed by atoms with Gasteiger partial charge in [0.05, 0.1) is 33.0 Å². The van der Waals surface area contributed by atoms with Gasteiger partial charge in [0, 0.05) is 6.20 Å². The summed E-state index contributed by atoms with van der Waals surface area (Å²) in [6, 6.07) is 6.88. The number of carbonyl (C=O) groups excluding carboxylic acids is 1. The number of nitrogens with two attached hydrogens (primary N) is 1. The van der Waals surface area contributed by atoms with Crippen molar-refractivity contribution in [3.8, 4) is 0 Å². The number of nitrogen functional groups attached to an aromatic ring is 1. The van der Waals surface area contributed by atoms with Gasteiger partial charge in [-0.15, -0.1) is 0 Å². The topological polar surface area (TPSA) is 77.2 Å². The van der Waals surface area contributed by atoms with Crippen LogP contribution in [0.3, 0.4) is 0 Å². The van der Waals surface area contributed by atoms with Crippen molar-refractivity contribution in [1.29, 1.82) is 0 Å². The standard InChI is InChI=1S/C14H13BrClN3O2/c1-2-21-14(20)8-6-7-18-13(12(8)17)19-10-5-3-4-9(16)11(10)15/h3-7H,2,17H2,1H3,(H,18,19). The lowest BCUT2D eigenvalue weighted by molar-refractivity contribution is 0.0527. The van der Waals surface area contributed by atoms with E-state index in [4.69, 9.17) is 22.1 Å². The number of aromatic nitrogens is 1. The van der Waals surface area contributed by atoms with Crippen molar-refractivity contribution in [2.75, 3.05) is 17.7 Å². The largest absolute Gasteiger partial charge is 0.462 e. The number of hydrogen-bond acceptors (Lipinski definition) is 5. The summed E-state index contributed by atoms with van der Waals surface area (Å²) in [7, 11) is 0. The van der Waals surface area contributed by atoms with E-state index in [0.29, 0.717) is 21.0 Å². The Morgan fingerprint density at radius 3 is 2.95 bits per heavy atom. The molecular formula is C14H13BrClN3O2. The molecular weight excluding hydrogens is 358 g/mol. The van der Waals surface area contributed by atoms with Crippen molar-refractivity contribution in [1.82, 2.24) is 4.98 Å². The monoisotopic (exact) mass is 369 g/mol. The molecule has 1 aromatic heterocycles. The lowest BCUT2D eigenvalue weighted by Crippen LogP contribution is -2.10. The number of nitrogens with one attached hydrogen (secondary N) is 1. The molecule has 3 N–H and O–H groups in total. The molecule has 0 saturated heterocycles. The molecule has 0 spiro atoms. The Morgan fingerprint density at radius 1 is 1.48 bits per heavy atom.